The van der Waals surface area contributed by atoms with Crippen molar-refractivity contribution in [1.29, 1.82) is 5.26 Å². The first-order valence-corrected chi connectivity index (χ1v) is 15.4. The van der Waals surface area contributed by atoms with Gasteiger partial charge in [-0.15, -0.1) is 0 Å². The molecule has 1 aromatic heterocycles. The van der Waals surface area contributed by atoms with Crippen LogP contribution < -0.4 is 14.4 Å². The van der Waals surface area contributed by atoms with E-state index in [1.165, 1.54) is 0 Å². The van der Waals surface area contributed by atoms with Crippen LogP contribution in [0.15, 0.2) is 66.0 Å². The molecule has 1 aliphatic rings. The van der Waals surface area contributed by atoms with Crippen LogP contribution in [0.4, 0.5) is 11.4 Å². The van der Waals surface area contributed by atoms with E-state index in [2.05, 4.69) is 24.5 Å². The van der Waals surface area contributed by atoms with E-state index in [4.69, 9.17) is 27.9 Å². The minimum absolute atomic E-state index is 0.0689. The van der Waals surface area contributed by atoms with Crippen LogP contribution >= 0.6 is 23.2 Å². The number of aromatic nitrogens is 2. The van der Waals surface area contributed by atoms with Crippen molar-refractivity contribution in [3.8, 4) is 6.07 Å². The monoisotopic (exact) mass is 666 g/mol. The average molecular weight is 668 g/mol. The number of allylic oxidation sites excluding steroid dienone is 4. The number of halogens is 2. The molecule has 240 valence electrons. The summed E-state index contributed by atoms with van der Waals surface area (Å²) in [7, 11) is 0. The van der Waals surface area contributed by atoms with Gasteiger partial charge in [0.2, 0.25) is 0 Å². The lowest BCUT2D eigenvalue weighted by Gasteiger charge is -2.24. The zero-order valence-corrected chi connectivity index (χ0v) is 26.9. The van der Waals surface area contributed by atoms with Crippen LogP contribution in [0.5, 0.6) is 0 Å². The number of para-hydroxylation sites is 2. The van der Waals surface area contributed by atoms with Gasteiger partial charge < -0.3 is 24.7 Å². The van der Waals surface area contributed by atoms with Gasteiger partial charge in [0.15, 0.2) is 11.0 Å². The smallest absolute Gasteiger partial charge is 0.305 e. The van der Waals surface area contributed by atoms with E-state index < -0.39 is 11.9 Å². The summed E-state index contributed by atoms with van der Waals surface area (Å²) in [5.41, 5.74) is 3.38. The Labute approximate surface area is 276 Å². The molecule has 0 saturated carbocycles. The van der Waals surface area contributed by atoms with Gasteiger partial charge >= 0.3 is 11.9 Å². The molecule has 13 heteroatoms. The van der Waals surface area contributed by atoms with Crippen molar-refractivity contribution in [3.05, 3.63) is 81.9 Å². The maximum atomic E-state index is 11.5. The molecule has 0 radical (unpaired) electrons. The molecule has 1 aliphatic heterocycles. The third kappa shape index (κ3) is 7.88. The molecular formula is C33H34Cl2N5O6+. The lowest BCUT2D eigenvalue weighted by Crippen LogP contribution is -2.39. The predicted molar refractivity (Wildman–Crippen MR) is 175 cm³/mol. The molecular weight excluding hydrogens is 633 g/mol. The first-order valence-electron chi connectivity index (χ1n) is 14.6. The van der Waals surface area contributed by atoms with Gasteiger partial charge in [-0.25, -0.2) is 9.13 Å². The summed E-state index contributed by atoms with van der Waals surface area (Å²) in [6, 6.07) is 13.3. The fourth-order valence-electron chi connectivity index (χ4n) is 5.35. The molecule has 46 heavy (non-hydrogen) atoms. The Morgan fingerprint density at radius 1 is 1.02 bits per heavy atom. The quantitative estimate of drug-likeness (QED) is 0.0693. The van der Waals surface area contributed by atoms with Crippen molar-refractivity contribution >= 4 is 70.1 Å². The number of nitriles is 1. The van der Waals surface area contributed by atoms with E-state index >= 15 is 0 Å². The maximum absolute atomic E-state index is 11.5. The molecule has 2 heterocycles. The van der Waals surface area contributed by atoms with E-state index in [1.54, 1.807) is 40.2 Å². The summed E-state index contributed by atoms with van der Waals surface area (Å²) in [4.78, 5) is 37.3. The number of rotatable bonds is 15. The number of ether oxygens (including phenoxy) is 1. The van der Waals surface area contributed by atoms with Gasteiger partial charge in [-0.3, -0.25) is 14.4 Å². The molecule has 2 aromatic carbocycles. The first-order chi connectivity index (χ1) is 22.0. The summed E-state index contributed by atoms with van der Waals surface area (Å²) >= 11 is 12.6. The van der Waals surface area contributed by atoms with Crippen LogP contribution in [-0.2, 0) is 32.2 Å². The minimum atomic E-state index is -1.01. The number of carboxylic acid groups (broad SMARTS) is 2. The van der Waals surface area contributed by atoms with Crippen LogP contribution in [0.25, 0.3) is 17.1 Å². The van der Waals surface area contributed by atoms with Gasteiger partial charge in [-0.1, -0.05) is 49.2 Å². The van der Waals surface area contributed by atoms with E-state index in [0.717, 1.165) is 16.9 Å². The van der Waals surface area contributed by atoms with Gasteiger partial charge in [-0.2, -0.15) is 5.26 Å². The molecule has 0 amide bonds. The highest BCUT2D eigenvalue weighted by Gasteiger charge is 2.32. The largest absolute Gasteiger partial charge is 0.481 e. The zero-order valence-electron chi connectivity index (χ0n) is 25.4. The first kappa shape index (κ1) is 34.1. The molecule has 0 spiro atoms. The third-order valence-corrected chi connectivity index (χ3v) is 7.99. The predicted octanol–water partition coefficient (Wildman–Crippen LogP) is 5.65. The van der Waals surface area contributed by atoms with Crippen LogP contribution in [0, 0.1) is 17.2 Å². The number of hydrogen-bond acceptors (Lipinski definition) is 7. The maximum Gasteiger partial charge on any atom is 0.305 e. The van der Waals surface area contributed by atoms with Crippen LogP contribution in [0.1, 0.15) is 32.5 Å². The van der Waals surface area contributed by atoms with Crippen molar-refractivity contribution in [1.82, 2.24) is 4.57 Å². The second kappa shape index (κ2) is 15.5. The van der Waals surface area contributed by atoms with Crippen molar-refractivity contribution in [2.24, 2.45) is 5.92 Å². The molecule has 0 saturated heterocycles. The van der Waals surface area contributed by atoms with E-state index in [9.17, 15) is 29.9 Å². The number of carbonyl (C=O) groups excluding carboxylic acids is 1. The lowest BCUT2D eigenvalue weighted by molar-refractivity contribution is -0.679. The summed E-state index contributed by atoms with van der Waals surface area (Å²) < 4.78 is 9.19. The molecule has 2 N–H and O–H groups in total. The third-order valence-electron chi connectivity index (χ3n) is 7.27. The summed E-state index contributed by atoms with van der Waals surface area (Å²) in [5.74, 6) is -0.415. The summed E-state index contributed by atoms with van der Waals surface area (Å²) in [5, 5.41) is 29.5. The number of carboxylic acids is 2. The van der Waals surface area contributed by atoms with Gasteiger partial charge in [0.1, 0.15) is 19.0 Å². The Bertz CT molecular complexity index is 1720. The summed E-state index contributed by atoms with van der Waals surface area (Å²) in [6.07, 6.45) is 6.36. The Hall–Kier alpha value is -4.79. The average Bonchev–Trinajstić information content (AvgIpc) is 3.45. The van der Waals surface area contributed by atoms with Crippen LogP contribution in [-0.4, -0.2) is 52.9 Å². The SMILES string of the molecule is CC(C)C[n+]1c(/C=C/C(C#N)=C/C=C2N(CCC(=O)O)c3cc(Cl)c(Cl)cc3N2CCC(=O)O)n(CCOC=O)c2ccccc21. The van der Waals surface area contributed by atoms with Crippen molar-refractivity contribution in [2.45, 2.75) is 39.8 Å². The fourth-order valence-corrected chi connectivity index (χ4v) is 5.67. The summed E-state index contributed by atoms with van der Waals surface area (Å²) in [6.45, 7) is 6.06. The molecule has 0 bridgehead atoms. The number of aliphatic carboxylic acids is 2. The Morgan fingerprint density at radius 3 is 2.17 bits per heavy atom. The molecule has 0 fully saturated rings. The minimum Gasteiger partial charge on any atom is -0.481 e. The van der Waals surface area contributed by atoms with Crippen molar-refractivity contribution in [3.63, 3.8) is 0 Å². The van der Waals surface area contributed by atoms with Gasteiger partial charge in [0.05, 0.1) is 52.4 Å². The zero-order chi connectivity index (χ0) is 33.4. The topological polar surface area (TPSA) is 140 Å². The molecule has 11 nitrogen and oxygen atoms in total. The molecule has 0 unspecified atom stereocenters. The van der Waals surface area contributed by atoms with Gasteiger partial charge in [0.25, 0.3) is 12.3 Å². The number of imidazole rings is 1. The highest BCUT2D eigenvalue weighted by Crippen LogP contribution is 2.45. The number of fused-ring (bicyclic) bond motifs is 2. The number of carbonyl (C=O) groups is 3. The second-order valence-electron chi connectivity index (χ2n) is 10.9. The van der Waals surface area contributed by atoms with Gasteiger partial charge in [-0.05, 0) is 48.4 Å². The number of anilines is 2. The van der Waals surface area contributed by atoms with E-state index in [1.807, 2.05) is 34.9 Å². The fraction of sp³-hybridized carbons (Fsp3) is 0.303. The normalized spacial score (nSPS) is 13.0. The number of benzene rings is 2. The highest BCUT2D eigenvalue weighted by molar-refractivity contribution is 6.42. The van der Waals surface area contributed by atoms with Crippen molar-refractivity contribution < 1.29 is 33.9 Å². The Kier molecular flexibility index (Phi) is 11.5. The Morgan fingerprint density at radius 2 is 1.63 bits per heavy atom. The highest BCUT2D eigenvalue weighted by atomic mass is 35.5. The van der Waals surface area contributed by atoms with Crippen LogP contribution in [0.2, 0.25) is 10.0 Å². The van der Waals surface area contributed by atoms with Crippen molar-refractivity contribution in [2.75, 3.05) is 29.5 Å². The molecule has 0 aliphatic carbocycles. The molecule has 0 atom stereocenters. The number of hydrogen-bond donors (Lipinski definition) is 2. The lowest BCUT2D eigenvalue weighted by atomic mass is 10.2. The Balaban J connectivity index is 1.80. The van der Waals surface area contributed by atoms with E-state index in [0.29, 0.717) is 42.7 Å². The van der Waals surface area contributed by atoms with Gasteiger partial charge in [0, 0.05) is 19.2 Å². The van der Waals surface area contributed by atoms with Crippen LogP contribution in [0.3, 0.4) is 0 Å². The molecule has 3 aromatic rings. The number of nitrogens with zero attached hydrogens (tertiary/aromatic N) is 5. The van der Waals surface area contributed by atoms with E-state index in [-0.39, 0.29) is 48.2 Å². The second-order valence-corrected chi connectivity index (χ2v) is 11.7. The standard InChI is InChI=1S/C33H33Cl2N5O6/c1-22(2)20-40-27-6-4-3-5-26(27)39(15-16-46-21-41)31(40)10-8-23(19-36)7-9-30-37(13-11-32(42)43)28-17-24(34)25(35)18-29(28)38(30)14-12-33(44)45/h3-10,17-18,21-22H,11-16,20H2,1-2H3,(H-,42,43,44,45)/p+1. The molecule has 4 rings (SSSR count).